The van der Waals surface area contributed by atoms with Crippen LogP contribution in [0.4, 0.5) is 8.78 Å². The summed E-state index contributed by atoms with van der Waals surface area (Å²) in [5.41, 5.74) is 0. The van der Waals surface area contributed by atoms with Crippen LogP contribution in [0.1, 0.15) is 4.88 Å². The highest BCUT2D eigenvalue weighted by Crippen LogP contribution is 2.31. The molecule has 0 fully saturated rings. The minimum absolute atomic E-state index is 0.0240. The van der Waals surface area contributed by atoms with Crippen molar-refractivity contribution in [3.63, 3.8) is 0 Å². The van der Waals surface area contributed by atoms with Crippen LogP contribution in [-0.2, 0) is 6.61 Å². The van der Waals surface area contributed by atoms with Crippen LogP contribution in [0.3, 0.4) is 0 Å². The first-order valence-corrected chi connectivity index (χ1v) is 6.98. The van der Waals surface area contributed by atoms with E-state index >= 15 is 0 Å². The molecule has 2 aromatic rings. The van der Waals surface area contributed by atoms with Crippen molar-refractivity contribution in [1.82, 2.24) is 0 Å². The summed E-state index contributed by atoms with van der Waals surface area (Å²) < 4.78 is 32.8. The quantitative estimate of drug-likeness (QED) is 0.713. The van der Waals surface area contributed by atoms with Gasteiger partial charge in [-0.05, 0) is 50.1 Å². The van der Waals surface area contributed by atoms with Gasteiger partial charge in [0.2, 0.25) is 0 Å². The molecule has 0 atom stereocenters. The molecule has 0 unspecified atom stereocenters. The summed E-state index contributed by atoms with van der Waals surface area (Å²) in [4.78, 5) is 0.951. The van der Waals surface area contributed by atoms with E-state index in [-0.39, 0.29) is 16.8 Å². The predicted molar refractivity (Wildman–Crippen MR) is 70.4 cm³/mol. The molecule has 0 spiro atoms. The van der Waals surface area contributed by atoms with E-state index in [0.717, 1.165) is 14.7 Å². The van der Waals surface area contributed by atoms with Crippen LogP contribution in [0.2, 0.25) is 0 Å². The fourth-order valence-electron chi connectivity index (χ4n) is 1.24. The Balaban J connectivity index is 2.14. The summed E-state index contributed by atoms with van der Waals surface area (Å²) in [6, 6.07) is 5.73. The van der Waals surface area contributed by atoms with Gasteiger partial charge in [-0.25, -0.2) is 8.78 Å². The maximum absolute atomic E-state index is 13.4. The molecule has 0 saturated carbocycles. The van der Waals surface area contributed by atoms with E-state index in [1.54, 1.807) is 0 Å². The topological polar surface area (TPSA) is 9.23 Å². The Hall–Kier alpha value is -0.460. The number of halogens is 4. The number of ether oxygens (including phenoxy) is 1. The Morgan fingerprint density at radius 3 is 2.53 bits per heavy atom. The molecule has 0 N–H and O–H groups in total. The van der Waals surface area contributed by atoms with Crippen LogP contribution >= 0.6 is 43.2 Å². The lowest BCUT2D eigenvalue weighted by atomic mass is 10.3. The average molecular weight is 384 g/mol. The predicted octanol–water partition coefficient (Wildman–Crippen LogP) is 5.13. The summed E-state index contributed by atoms with van der Waals surface area (Å²) in [6.45, 7) is 0.247. The van der Waals surface area contributed by atoms with Crippen molar-refractivity contribution in [3.8, 4) is 5.75 Å². The van der Waals surface area contributed by atoms with E-state index in [9.17, 15) is 8.78 Å². The molecule has 1 nitrogen and oxygen atoms in total. The van der Waals surface area contributed by atoms with Gasteiger partial charge in [0.05, 0.1) is 8.26 Å². The van der Waals surface area contributed by atoms with Gasteiger partial charge in [0.1, 0.15) is 12.4 Å². The zero-order chi connectivity index (χ0) is 12.4. The summed E-state index contributed by atoms with van der Waals surface area (Å²) in [7, 11) is 0. The van der Waals surface area contributed by atoms with Crippen molar-refractivity contribution in [2.24, 2.45) is 0 Å². The second-order valence-corrected chi connectivity index (χ2v) is 6.59. The smallest absolute Gasteiger partial charge is 0.169 e. The Labute approximate surface area is 118 Å². The highest BCUT2D eigenvalue weighted by molar-refractivity contribution is 9.11. The van der Waals surface area contributed by atoms with Crippen LogP contribution in [0.15, 0.2) is 32.5 Å². The Bertz CT molecular complexity index is 519. The summed E-state index contributed by atoms with van der Waals surface area (Å²) in [6.07, 6.45) is 0. The number of thiophene rings is 1. The molecule has 0 saturated heterocycles. The Morgan fingerprint density at radius 2 is 1.94 bits per heavy atom. The van der Waals surface area contributed by atoms with Gasteiger partial charge in [-0.15, -0.1) is 11.3 Å². The van der Waals surface area contributed by atoms with Gasteiger partial charge in [-0.1, -0.05) is 0 Å². The van der Waals surface area contributed by atoms with Crippen molar-refractivity contribution in [2.75, 3.05) is 0 Å². The number of rotatable bonds is 3. The molecule has 0 aliphatic rings. The van der Waals surface area contributed by atoms with E-state index in [2.05, 4.69) is 31.9 Å². The third-order valence-corrected chi connectivity index (χ3v) is 4.14. The van der Waals surface area contributed by atoms with Crippen molar-refractivity contribution in [3.05, 3.63) is 49.0 Å². The zero-order valence-corrected chi connectivity index (χ0v) is 12.3. The molecule has 0 radical (unpaired) electrons. The zero-order valence-electron chi connectivity index (χ0n) is 8.34. The second-order valence-electron chi connectivity index (χ2n) is 3.19. The van der Waals surface area contributed by atoms with Gasteiger partial charge >= 0.3 is 0 Å². The van der Waals surface area contributed by atoms with E-state index in [0.29, 0.717) is 0 Å². The highest BCUT2D eigenvalue weighted by atomic mass is 79.9. The third kappa shape index (κ3) is 3.26. The lowest BCUT2D eigenvalue weighted by Crippen LogP contribution is -1.97. The normalized spacial score (nSPS) is 10.6. The molecular weight excluding hydrogens is 378 g/mol. The molecule has 2 rings (SSSR count). The van der Waals surface area contributed by atoms with Gasteiger partial charge in [0.25, 0.3) is 0 Å². The van der Waals surface area contributed by atoms with Crippen molar-refractivity contribution < 1.29 is 13.5 Å². The summed E-state index contributed by atoms with van der Waals surface area (Å²) in [5, 5.41) is 0. The average Bonchev–Trinajstić information content (AvgIpc) is 2.62. The molecule has 0 aliphatic carbocycles. The fourth-order valence-corrected chi connectivity index (χ4v) is 3.16. The maximum Gasteiger partial charge on any atom is 0.169 e. The lowest BCUT2D eigenvalue weighted by molar-refractivity contribution is 0.290. The Kier molecular flexibility index (Phi) is 4.17. The van der Waals surface area contributed by atoms with Crippen LogP contribution in [0, 0.1) is 11.6 Å². The van der Waals surface area contributed by atoms with E-state index in [1.807, 2.05) is 12.1 Å². The van der Waals surface area contributed by atoms with Crippen LogP contribution in [0.5, 0.6) is 5.75 Å². The molecule has 1 aromatic heterocycles. The van der Waals surface area contributed by atoms with E-state index in [4.69, 9.17) is 4.74 Å². The molecule has 17 heavy (non-hydrogen) atoms. The largest absolute Gasteiger partial charge is 0.484 e. The first kappa shape index (κ1) is 13.0. The first-order valence-electron chi connectivity index (χ1n) is 4.58. The van der Waals surface area contributed by atoms with Crippen molar-refractivity contribution in [2.45, 2.75) is 6.61 Å². The molecule has 0 amide bonds. The van der Waals surface area contributed by atoms with Crippen molar-refractivity contribution >= 4 is 43.2 Å². The lowest BCUT2D eigenvalue weighted by Gasteiger charge is -2.08. The number of hydrogen-bond donors (Lipinski definition) is 0. The minimum atomic E-state index is -0.715. The highest BCUT2D eigenvalue weighted by Gasteiger charge is 2.11. The second kappa shape index (κ2) is 5.46. The molecule has 1 heterocycles. The number of benzene rings is 1. The molecule has 6 heteroatoms. The van der Waals surface area contributed by atoms with Gasteiger partial charge < -0.3 is 4.74 Å². The third-order valence-electron chi connectivity index (χ3n) is 1.95. The van der Waals surface area contributed by atoms with E-state index < -0.39 is 11.6 Å². The molecule has 0 bridgehead atoms. The minimum Gasteiger partial charge on any atom is -0.484 e. The fraction of sp³-hybridized carbons (Fsp3) is 0.0909. The summed E-state index contributed by atoms with van der Waals surface area (Å²) in [5.74, 6) is -1.33. The Morgan fingerprint density at radius 1 is 1.18 bits per heavy atom. The van der Waals surface area contributed by atoms with Crippen LogP contribution in [-0.4, -0.2) is 0 Å². The van der Waals surface area contributed by atoms with E-state index in [1.165, 1.54) is 17.4 Å². The molecule has 1 aromatic carbocycles. The first-order chi connectivity index (χ1) is 8.06. The number of hydrogen-bond acceptors (Lipinski definition) is 2. The van der Waals surface area contributed by atoms with Crippen molar-refractivity contribution in [1.29, 1.82) is 0 Å². The summed E-state index contributed by atoms with van der Waals surface area (Å²) >= 11 is 7.89. The molecule has 0 aliphatic heterocycles. The van der Waals surface area contributed by atoms with Crippen LogP contribution < -0.4 is 4.74 Å². The monoisotopic (exact) mass is 382 g/mol. The molecular formula is C11H6Br2F2OS. The molecule has 90 valence electrons. The van der Waals surface area contributed by atoms with Gasteiger partial charge in [-0.2, -0.15) is 0 Å². The maximum atomic E-state index is 13.4. The standard InChI is InChI=1S/C11H6Br2F2OS/c12-8-3-6(14)4-9(15)11(8)16-5-7-1-2-10(13)17-7/h1-4H,5H2. The van der Waals surface area contributed by atoms with Gasteiger partial charge in [0.15, 0.2) is 11.6 Å². The van der Waals surface area contributed by atoms with Gasteiger partial charge in [0, 0.05) is 10.9 Å². The SMILES string of the molecule is Fc1cc(F)c(OCc2ccc(Br)s2)c(Br)c1. The van der Waals surface area contributed by atoms with Crippen LogP contribution in [0.25, 0.3) is 0 Å². The van der Waals surface area contributed by atoms with Gasteiger partial charge in [-0.3, -0.25) is 0 Å².